The minimum Gasteiger partial charge on any atom is -0.508 e. The van der Waals surface area contributed by atoms with Crippen molar-refractivity contribution in [1.82, 2.24) is 0 Å². The third-order valence-corrected chi connectivity index (χ3v) is 1.49. The SMILES string of the molecule is CC.Oc1ccc(F)cc1.c1ccccc1. The van der Waals surface area contributed by atoms with Gasteiger partial charge in [0.05, 0.1) is 0 Å². The number of phenolic OH excluding ortho intramolecular Hbond substituents is 1. The molecule has 86 valence electrons. The zero-order chi connectivity index (χ0) is 12.2. The van der Waals surface area contributed by atoms with Gasteiger partial charge in [-0.3, -0.25) is 0 Å². The van der Waals surface area contributed by atoms with E-state index in [2.05, 4.69) is 0 Å². The molecule has 16 heavy (non-hydrogen) atoms. The minimum atomic E-state index is -0.331. The molecule has 0 atom stereocenters. The first-order valence-corrected chi connectivity index (χ1v) is 5.23. The fourth-order valence-corrected chi connectivity index (χ4v) is 0.826. The van der Waals surface area contributed by atoms with Gasteiger partial charge in [0.1, 0.15) is 11.6 Å². The number of hydrogen-bond donors (Lipinski definition) is 1. The van der Waals surface area contributed by atoms with Crippen molar-refractivity contribution in [2.45, 2.75) is 13.8 Å². The highest BCUT2D eigenvalue weighted by Crippen LogP contribution is 2.06. The van der Waals surface area contributed by atoms with Crippen LogP contribution in [0, 0.1) is 5.82 Å². The summed E-state index contributed by atoms with van der Waals surface area (Å²) in [6, 6.07) is 17.0. The minimum absolute atomic E-state index is 0.0893. The molecule has 0 bridgehead atoms. The van der Waals surface area contributed by atoms with Gasteiger partial charge in [0.2, 0.25) is 0 Å². The largest absolute Gasteiger partial charge is 0.508 e. The van der Waals surface area contributed by atoms with Gasteiger partial charge in [0, 0.05) is 0 Å². The van der Waals surface area contributed by atoms with E-state index in [9.17, 15) is 4.39 Å². The van der Waals surface area contributed by atoms with Crippen LogP contribution in [-0.2, 0) is 0 Å². The van der Waals surface area contributed by atoms with Gasteiger partial charge in [-0.05, 0) is 24.3 Å². The molecule has 0 aliphatic carbocycles. The van der Waals surface area contributed by atoms with Gasteiger partial charge in [0.15, 0.2) is 0 Å². The summed E-state index contributed by atoms with van der Waals surface area (Å²) in [7, 11) is 0. The summed E-state index contributed by atoms with van der Waals surface area (Å²) in [5, 5.41) is 8.59. The predicted molar refractivity (Wildman–Crippen MR) is 65.9 cm³/mol. The van der Waals surface area contributed by atoms with Crippen molar-refractivity contribution in [3.63, 3.8) is 0 Å². The molecule has 0 saturated heterocycles. The van der Waals surface area contributed by atoms with Crippen molar-refractivity contribution < 1.29 is 9.50 Å². The average Bonchev–Trinajstić information content (AvgIpc) is 2.38. The average molecular weight is 220 g/mol. The zero-order valence-electron chi connectivity index (χ0n) is 9.60. The lowest BCUT2D eigenvalue weighted by atomic mass is 10.3. The monoisotopic (exact) mass is 220 g/mol. The lowest BCUT2D eigenvalue weighted by Gasteiger charge is -1.86. The normalized spacial score (nSPS) is 7.94. The first-order valence-electron chi connectivity index (χ1n) is 5.23. The van der Waals surface area contributed by atoms with Gasteiger partial charge in [-0.2, -0.15) is 0 Å². The van der Waals surface area contributed by atoms with Crippen LogP contribution >= 0.6 is 0 Å². The van der Waals surface area contributed by atoms with E-state index in [-0.39, 0.29) is 11.6 Å². The summed E-state index contributed by atoms with van der Waals surface area (Å²) in [5.41, 5.74) is 0. The molecule has 0 heterocycles. The van der Waals surface area contributed by atoms with E-state index >= 15 is 0 Å². The molecule has 0 amide bonds. The molecule has 0 aromatic heterocycles. The number of rotatable bonds is 0. The van der Waals surface area contributed by atoms with Crippen LogP contribution in [0.3, 0.4) is 0 Å². The van der Waals surface area contributed by atoms with Gasteiger partial charge < -0.3 is 5.11 Å². The third-order valence-electron chi connectivity index (χ3n) is 1.49. The van der Waals surface area contributed by atoms with E-state index in [4.69, 9.17) is 5.11 Å². The van der Waals surface area contributed by atoms with Crippen molar-refractivity contribution in [2.24, 2.45) is 0 Å². The summed E-state index contributed by atoms with van der Waals surface area (Å²) in [5.74, 6) is -0.241. The standard InChI is InChI=1S/C6H5FO.C6H6.C2H6/c7-5-1-3-6(8)4-2-5;1-2-4-6-5-3-1;1-2/h1-4,8H;1-6H;1-2H3. The number of phenols is 1. The van der Waals surface area contributed by atoms with Crippen LogP contribution in [0.1, 0.15) is 13.8 Å². The first-order chi connectivity index (χ1) is 7.79. The Bertz CT molecular complexity index is 295. The molecule has 0 spiro atoms. The maximum Gasteiger partial charge on any atom is 0.123 e. The summed E-state index contributed by atoms with van der Waals surface area (Å²) >= 11 is 0. The maximum atomic E-state index is 12.0. The van der Waals surface area contributed by atoms with Crippen LogP contribution in [-0.4, -0.2) is 5.11 Å². The molecule has 1 nitrogen and oxygen atoms in total. The number of aromatic hydroxyl groups is 1. The Balaban J connectivity index is 0.000000251. The topological polar surface area (TPSA) is 20.2 Å². The molecule has 0 saturated carbocycles. The fraction of sp³-hybridized carbons (Fsp3) is 0.143. The van der Waals surface area contributed by atoms with E-state index < -0.39 is 0 Å². The fourth-order valence-electron chi connectivity index (χ4n) is 0.826. The van der Waals surface area contributed by atoms with Gasteiger partial charge in [0.25, 0.3) is 0 Å². The van der Waals surface area contributed by atoms with Crippen LogP contribution in [0.2, 0.25) is 0 Å². The Morgan fingerprint density at radius 2 is 1.06 bits per heavy atom. The Hall–Kier alpha value is -1.83. The zero-order valence-corrected chi connectivity index (χ0v) is 9.60. The van der Waals surface area contributed by atoms with Crippen LogP contribution in [0.15, 0.2) is 60.7 Å². The van der Waals surface area contributed by atoms with E-state index in [0.29, 0.717) is 0 Å². The Labute approximate surface area is 96.2 Å². The second-order valence-corrected chi connectivity index (χ2v) is 2.63. The Morgan fingerprint density at radius 3 is 1.31 bits per heavy atom. The highest BCUT2D eigenvalue weighted by molar-refractivity contribution is 5.19. The second-order valence-electron chi connectivity index (χ2n) is 2.63. The van der Waals surface area contributed by atoms with E-state index in [1.54, 1.807) is 0 Å². The van der Waals surface area contributed by atoms with Crippen molar-refractivity contribution in [3.8, 4) is 5.75 Å². The highest BCUT2D eigenvalue weighted by Gasteiger charge is 1.85. The Morgan fingerprint density at radius 1 is 0.750 bits per heavy atom. The molecule has 2 aromatic rings. The number of benzene rings is 2. The molecule has 0 radical (unpaired) electrons. The molecule has 0 unspecified atom stereocenters. The van der Waals surface area contributed by atoms with Gasteiger partial charge in [-0.25, -0.2) is 4.39 Å². The molecule has 1 N–H and O–H groups in total. The molecule has 2 aromatic carbocycles. The molecular formula is C14H17FO. The third kappa shape index (κ3) is 7.56. The molecule has 0 fully saturated rings. The number of hydrogen-bond acceptors (Lipinski definition) is 1. The van der Waals surface area contributed by atoms with Crippen LogP contribution in [0.25, 0.3) is 0 Å². The van der Waals surface area contributed by atoms with Gasteiger partial charge in [-0.1, -0.05) is 50.2 Å². The smallest absolute Gasteiger partial charge is 0.123 e. The van der Waals surface area contributed by atoms with Gasteiger partial charge in [-0.15, -0.1) is 0 Å². The van der Waals surface area contributed by atoms with Crippen molar-refractivity contribution in [2.75, 3.05) is 0 Å². The second kappa shape index (κ2) is 9.71. The molecule has 0 aliphatic rings. The van der Waals surface area contributed by atoms with Crippen molar-refractivity contribution in [3.05, 3.63) is 66.5 Å². The first kappa shape index (κ1) is 14.2. The van der Waals surface area contributed by atoms with Gasteiger partial charge >= 0.3 is 0 Å². The predicted octanol–water partition coefficient (Wildman–Crippen LogP) is 4.24. The lowest BCUT2D eigenvalue weighted by molar-refractivity contribution is 0.473. The van der Waals surface area contributed by atoms with E-state index in [0.717, 1.165) is 0 Å². The Kier molecular flexibility index (Phi) is 8.60. The summed E-state index contributed by atoms with van der Waals surface area (Å²) in [6.45, 7) is 4.00. The number of halogens is 1. The lowest BCUT2D eigenvalue weighted by Crippen LogP contribution is -1.67. The van der Waals surface area contributed by atoms with E-state index in [1.807, 2.05) is 50.2 Å². The van der Waals surface area contributed by atoms with Crippen LogP contribution in [0.5, 0.6) is 5.75 Å². The molecule has 2 rings (SSSR count). The van der Waals surface area contributed by atoms with Crippen molar-refractivity contribution in [1.29, 1.82) is 0 Å². The van der Waals surface area contributed by atoms with Crippen LogP contribution < -0.4 is 0 Å². The molecule has 0 aliphatic heterocycles. The van der Waals surface area contributed by atoms with E-state index in [1.165, 1.54) is 24.3 Å². The summed E-state index contributed by atoms with van der Waals surface area (Å²) in [4.78, 5) is 0. The summed E-state index contributed by atoms with van der Waals surface area (Å²) in [6.07, 6.45) is 0. The maximum absolute atomic E-state index is 12.0. The quantitative estimate of drug-likeness (QED) is 0.704. The molecule has 2 heteroatoms. The summed E-state index contributed by atoms with van der Waals surface area (Å²) < 4.78 is 12.0. The highest BCUT2D eigenvalue weighted by atomic mass is 19.1. The molecular weight excluding hydrogens is 203 g/mol. The van der Waals surface area contributed by atoms with Crippen LogP contribution in [0.4, 0.5) is 4.39 Å². The van der Waals surface area contributed by atoms with Crippen molar-refractivity contribution >= 4 is 0 Å².